The van der Waals surface area contributed by atoms with Crippen molar-refractivity contribution in [2.45, 2.75) is 16.7 Å². The Labute approximate surface area is 211 Å². The van der Waals surface area contributed by atoms with E-state index in [-0.39, 0.29) is 14.8 Å². The number of anilines is 1. The molecular formula is C22H29ClN4O6S2. The lowest BCUT2D eigenvalue weighted by atomic mass is 10.3. The number of amides is 1. The fraction of sp³-hybridized carbons (Fsp3) is 0.409. The molecule has 1 N–H and O–H groups in total. The van der Waals surface area contributed by atoms with Gasteiger partial charge in [-0.25, -0.2) is 16.8 Å². The number of nitrogens with zero attached hydrogens (tertiary/aromatic N) is 3. The van der Waals surface area contributed by atoms with Crippen LogP contribution in [0, 0.1) is 0 Å². The second-order valence-electron chi connectivity index (χ2n) is 8.07. The first kappa shape index (κ1) is 27.4. The second-order valence-corrected chi connectivity index (χ2v) is 12.5. The van der Waals surface area contributed by atoms with Gasteiger partial charge in [-0.1, -0.05) is 11.6 Å². The van der Waals surface area contributed by atoms with Crippen LogP contribution in [0.1, 0.15) is 6.92 Å². The highest BCUT2D eigenvalue weighted by molar-refractivity contribution is 7.89. The molecule has 0 atom stereocenters. The van der Waals surface area contributed by atoms with Crippen molar-refractivity contribution in [3.8, 4) is 5.75 Å². The van der Waals surface area contributed by atoms with Gasteiger partial charge in [0.1, 0.15) is 5.75 Å². The minimum absolute atomic E-state index is 0.0697. The Bertz CT molecular complexity index is 1260. The molecule has 1 amide bonds. The van der Waals surface area contributed by atoms with Crippen LogP contribution in [0.3, 0.4) is 0 Å². The summed E-state index contributed by atoms with van der Waals surface area (Å²) in [5, 5.41) is 2.74. The number of hydrogen-bond donors (Lipinski definition) is 1. The third kappa shape index (κ3) is 6.51. The molecule has 13 heteroatoms. The van der Waals surface area contributed by atoms with Crippen molar-refractivity contribution in [1.82, 2.24) is 13.5 Å². The van der Waals surface area contributed by atoms with Crippen LogP contribution in [0.4, 0.5) is 5.69 Å². The van der Waals surface area contributed by atoms with Crippen LogP contribution >= 0.6 is 11.6 Å². The number of nitrogens with one attached hydrogen (secondary N) is 1. The number of sulfonamides is 2. The van der Waals surface area contributed by atoms with Gasteiger partial charge in [0.25, 0.3) is 0 Å². The lowest BCUT2D eigenvalue weighted by Gasteiger charge is -2.31. The third-order valence-electron chi connectivity index (χ3n) is 5.52. The monoisotopic (exact) mass is 544 g/mol. The van der Waals surface area contributed by atoms with Gasteiger partial charge in [-0.15, -0.1) is 0 Å². The molecule has 1 aliphatic heterocycles. The van der Waals surface area contributed by atoms with Crippen LogP contribution < -0.4 is 10.1 Å². The first-order valence-electron chi connectivity index (χ1n) is 10.9. The number of carbonyl (C=O) groups excluding carboxylic acids is 1. The van der Waals surface area contributed by atoms with E-state index in [2.05, 4.69) is 10.2 Å². The van der Waals surface area contributed by atoms with E-state index in [4.69, 9.17) is 16.3 Å². The van der Waals surface area contributed by atoms with Crippen molar-refractivity contribution < 1.29 is 26.4 Å². The summed E-state index contributed by atoms with van der Waals surface area (Å²) in [4.78, 5) is 14.6. The average molecular weight is 545 g/mol. The summed E-state index contributed by atoms with van der Waals surface area (Å²) in [6, 6.07) is 9.89. The number of rotatable bonds is 9. The Hall–Kier alpha value is -2.22. The molecule has 0 saturated carbocycles. The molecule has 1 saturated heterocycles. The highest BCUT2D eigenvalue weighted by atomic mass is 35.5. The van der Waals surface area contributed by atoms with E-state index >= 15 is 0 Å². The minimum atomic E-state index is -3.98. The van der Waals surface area contributed by atoms with Gasteiger partial charge in [-0.05, 0) is 56.4 Å². The fourth-order valence-electron chi connectivity index (χ4n) is 3.47. The summed E-state index contributed by atoms with van der Waals surface area (Å²) < 4.78 is 59.0. The van der Waals surface area contributed by atoms with Gasteiger partial charge in [0.2, 0.25) is 26.0 Å². The summed E-state index contributed by atoms with van der Waals surface area (Å²) >= 11 is 6.10. The molecule has 3 rings (SSSR count). The van der Waals surface area contributed by atoms with Crippen molar-refractivity contribution in [3.05, 3.63) is 47.5 Å². The molecule has 192 valence electrons. The molecule has 2 aromatic rings. The van der Waals surface area contributed by atoms with E-state index < -0.39 is 32.5 Å². The standard InChI is InChI=1S/C22H29ClN4O6S2/c1-4-33-21-10-9-19(15-20(21)23)34(29,30)26(3)16-22(28)24-17-5-7-18(8-6-17)35(31,32)27-13-11-25(2)12-14-27/h5-10,15H,4,11-14,16H2,1-3H3,(H,24,28). The topological polar surface area (TPSA) is 116 Å². The SMILES string of the molecule is CCOc1ccc(S(=O)(=O)N(C)CC(=O)Nc2ccc(S(=O)(=O)N3CCN(C)CC3)cc2)cc1Cl. The molecule has 0 aromatic heterocycles. The number of carbonyl (C=O) groups is 1. The third-order valence-corrected chi connectivity index (χ3v) is 9.52. The van der Waals surface area contributed by atoms with Crippen LogP contribution in [0.5, 0.6) is 5.75 Å². The summed E-state index contributed by atoms with van der Waals surface area (Å²) in [5.74, 6) is -0.214. The smallest absolute Gasteiger partial charge is 0.243 e. The Morgan fingerprint density at radius 3 is 2.20 bits per heavy atom. The molecule has 0 bridgehead atoms. The highest BCUT2D eigenvalue weighted by Crippen LogP contribution is 2.28. The van der Waals surface area contributed by atoms with Crippen molar-refractivity contribution >= 4 is 43.2 Å². The van der Waals surface area contributed by atoms with Crippen molar-refractivity contribution in [3.63, 3.8) is 0 Å². The largest absolute Gasteiger partial charge is 0.492 e. The fourth-order valence-corrected chi connectivity index (χ4v) is 6.35. The maximum atomic E-state index is 12.8. The molecule has 1 fully saturated rings. The predicted octanol–water partition coefficient (Wildman–Crippen LogP) is 1.93. The van der Waals surface area contributed by atoms with Gasteiger partial charge in [0.05, 0.1) is 28.0 Å². The Balaban J connectivity index is 1.63. The van der Waals surface area contributed by atoms with Gasteiger partial charge < -0.3 is 15.0 Å². The molecule has 0 unspecified atom stereocenters. The number of halogens is 1. The lowest BCUT2D eigenvalue weighted by molar-refractivity contribution is -0.116. The maximum absolute atomic E-state index is 12.8. The zero-order valence-electron chi connectivity index (χ0n) is 19.8. The number of benzene rings is 2. The highest BCUT2D eigenvalue weighted by Gasteiger charge is 2.28. The molecule has 2 aromatic carbocycles. The van der Waals surface area contributed by atoms with E-state index in [0.29, 0.717) is 44.2 Å². The van der Waals surface area contributed by atoms with Gasteiger partial charge in [0.15, 0.2) is 0 Å². The lowest BCUT2D eigenvalue weighted by Crippen LogP contribution is -2.46. The molecule has 0 spiro atoms. The zero-order valence-corrected chi connectivity index (χ0v) is 22.2. The van der Waals surface area contributed by atoms with E-state index in [0.717, 1.165) is 4.31 Å². The van der Waals surface area contributed by atoms with Crippen LogP contribution in [0.15, 0.2) is 52.3 Å². The van der Waals surface area contributed by atoms with E-state index in [1.807, 2.05) is 7.05 Å². The summed E-state index contributed by atoms with van der Waals surface area (Å²) in [6.45, 7) is 3.87. The molecular weight excluding hydrogens is 516 g/mol. The van der Waals surface area contributed by atoms with Gasteiger partial charge in [-0.3, -0.25) is 4.79 Å². The van der Waals surface area contributed by atoms with Crippen molar-refractivity contribution in [2.75, 3.05) is 58.7 Å². The summed E-state index contributed by atoms with van der Waals surface area (Å²) in [7, 11) is -4.38. The van der Waals surface area contributed by atoms with Gasteiger partial charge in [0, 0.05) is 38.9 Å². The minimum Gasteiger partial charge on any atom is -0.492 e. The van der Waals surface area contributed by atoms with Crippen molar-refractivity contribution in [1.29, 1.82) is 0 Å². The number of hydrogen-bond acceptors (Lipinski definition) is 7. The zero-order chi connectivity index (χ0) is 25.8. The molecule has 1 heterocycles. The summed E-state index contributed by atoms with van der Waals surface area (Å²) in [6.07, 6.45) is 0. The molecule has 0 aliphatic carbocycles. The first-order chi connectivity index (χ1) is 16.4. The average Bonchev–Trinajstić information content (AvgIpc) is 2.81. The Kier molecular flexibility index (Phi) is 8.78. The predicted molar refractivity (Wildman–Crippen MR) is 134 cm³/mol. The molecule has 35 heavy (non-hydrogen) atoms. The van der Waals surface area contributed by atoms with Gasteiger partial charge in [-0.2, -0.15) is 8.61 Å². The summed E-state index contributed by atoms with van der Waals surface area (Å²) in [5.41, 5.74) is 0.349. The number of likely N-dealkylation sites (N-methyl/N-ethyl adjacent to an activating group) is 2. The van der Waals surface area contributed by atoms with Crippen molar-refractivity contribution in [2.24, 2.45) is 0 Å². The van der Waals surface area contributed by atoms with Crippen LogP contribution in [-0.4, -0.2) is 89.7 Å². The van der Waals surface area contributed by atoms with Gasteiger partial charge >= 0.3 is 0 Å². The van der Waals surface area contributed by atoms with Crippen LogP contribution in [0.25, 0.3) is 0 Å². The van der Waals surface area contributed by atoms with E-state index in [1.54, 1.807) is 6.92 Å². The maximum Gasteiger partial charge on any atom is 0.243 e. The van der Waals surface area contributed by atoms with E-state index in [1.165, 1.54) is 53.8 Å². The van der Waals surface area contributed by atoms with Crippen LogP contribution in [0.2, 0.25) is 5.02 Å². The number of ether oxygens (including phenoxy) is 1. The Morgan fingerprint density at radius 2 is 1.63 bits per heavy atom. The molecule has 10 nitrogen and oxygen atoms in total. The quantitative estimate of drug-likeness (QED) is 0.512. The van der Waals surface area contributed by atoms with E-state index in [9.17, 15) is 21.6 Å². The molecule has 0 radical (unpaired) electrons. The van der Waals surface area contributed by atoms with Crippen LogP contribution in [-0.2, 0) is 24.8 Å². The Morgan fingerprint density at radius 1 is 1.03 bits per heavy atom. The number of piperazine rings is 1. The second kappa shape index (κ2) is 11.2. The normalized spacial score (nSPS) is 15.8. The molecule has 1 aliphatic rings. The first-order valence-corrected chi connectivity index (χ1v) is 14.2.